The standard InChI is InChI=1S/C13H27NO2/c1-11(15)8-9-14(2)10-12-6-4-3-5-7-13(12)16/h11-13,15-16H,3-10H2,1-2H3. The zero-order valence-electron chi connectivity index (χ0n) is 10.7. The highest BCUT2D eigenvalue weighted by molar-refractivity contribution is 4.75. The van der Waals surface area contributed by atoms with Crippen molar-refractivity contribution in [3.05, 3.63) is 0 Å². The molecule has 96 valence electrons. The van der Waals surface area contributed by atoms with Crippen LogP contribution in [0.15, 0.2) is 0 Å². The Morgan fingerprint density at radius 1 is 1.25 bits per heavy atom. The summed E-state index contributed by atoms with van der Waals surface area (Å²) in [5.74, 6) is 0.432. The van der Waals surface area contributed by atoms with Crippen molar-refractivity contribution in [1.82, 2.24) is 4.90 Å². The summed E-state index contributed by atoms with van der Waals surface area (Å²) in [6.07, 6.45) is 6.30. The zero-order valence-corrected chi connectivity index (χ0v) is 10.7. The van der Waals surface area contributed by atoms with Gasteiger partial charge in [-0.05, 0) is 39.2 Å². The number of nitrogens with zero attached hydrogens (tertiary/aromatic N) is 1. The second kappa shape index (κ2) is 7.25. The largest absolute Gasteiger partial charge is 0.393 e. The Morgan fingerprint density at radius 3 is 2.62 bits per heavy atom. The number of hydrogen-bond acceptors (Lipinski definition) is 3. The van der Waals surface area contributed by atoms with Crippen LogP contribution in [0.5, 0.6) is 0 Å². The third-order valence-electron chi connectivity index (χ3n) is 3.59. The van der Waals surface area contributed by atoms with Gasteiger partial charge in [-0.3, -0.25) is 0 Å². The van der Waals surface area contributed by atoms with E-state index in [2.05, 4.69) is 11.9 Å². The van der Waals surface area contributed by atoms with Crippen LogP contribution in [0.3, 0.4) is 0 Å². The third-order valence-corrected chi connectivity index (χ3v) is 3.59. The monoisotopic (exact) mass is 229 g/mol. The predicted molar refractivity (Wildman–Crippen MR) is 66.4 cm³/mol. The smallest absolute Gasteiger partial charge is 0.0580 e. The average molecular weight is 229 g/mol. The topological polar surface area (TPSA) is 43.7 Å². The Kier molecular flexibility index (Phi) is 6.32. The van der Waals surface area contributed by atoms with Gasteiger partial charge in [-0.15, -0.1) is 0 Å². The highest BCUT2D eigenvalue weighted by Gasteiger charge is 2.22. The van der Waals surface area contributed by atoms with Crippen molar-refractivity contribution in [2.75, 3.05) is 20.1 Å². The van der Waals surface area contributed by atoms with Crippen molar-refractivity contribution in [2.45, 2.75) is 57.7 Å². The molecule has 16 heavy (non-hydrogen) atoms. The fourth-order valence-electron chi connectivity index (χ4n) is 2.48. The molecule has 0 aromatic carbocycles. The molecule has 0 radical (unpaired) electrons. The summed E-state index contributed by atoms with van der Waals surface area (Å²) in [5, 5.41) is 19.2. The van der Waals surface area contributed by atoms with Crippen LogP contribution in [0, 0.1) is 5.92 Å². The lowest BCUT2D eigenvalue weighted by Crippen LogP contribution is -2.33. The summed E-state index contributed by atoms with van der Waals surface area (Å²) >= 11 is 0. The summed E-state index contributed by atoms with van der Waals surface area (Å²) in [5.41, 5.74) is 0. The number of aliphatic hydroxyl groups is 2. The molecule has 3 unspecified atom stereocenters. The van der Waals surface area contributed by atoms with Crippen LogP contribution in [0.4, 0.5) is 0 Å². The molecule has 3 nitrogen and oxygen atoms in total. The van der Waals surface area contributed by atoms with E-state index in [1.54, 1.807) is 0 Å². The molecule has 0 bridgehead atoms. The van der Waals surface area contributed by atoms with Gasteiger partial charge in [-0.1, -0.05) is 19.3 Å². The molecule has 1 rings (SSSR count). The van der Waals surface area contributed by atoms with Gasteiger partial charge in [0.1, 0.15) is 0 Å². The van der Waals surface area contributed by atoms with E-state index in [0.717, 1.165) is 32.4 Å². The highest BCUT2D eigenvalue weighted by Crippen LogP contribution is 2.24. The van der Waals surface area contributed by atoms with E-state index in [4.69, 9.17) is 0 Å². The molecule has 0 saturated heterocycles. The van der Waals surface area contributed by atoms with Crippen LogP contribution < -0.4 is 0 Å². The lowest BCUT2D eigenvalue weighted by molar-refractivity contribution is 0.0753. The van der Waals surface area contributed by atoms with Crippen molar-refractivity contribution in [1.29, 1.82) is 0 Å². The molecule has 3 atom stereocenters. The van der Waals surface area contributed by atoms with Gasteiger partial charge in [-0.2, -0.15) is 0 Å². The van der Waals surface area contributed by atoms with E-state index in [0.29, 0.717) is 5.92 Å². The Hall–Kier alpha value is -0.120. The van der Waals surface area contributed by atoms with Gasteiger partial charge in [0, 0.05) is 13.1 Å². The first-order valence-electron chi connectivity index (χ1n) is 6.64. The van der Waals surface area contributed by atoms with Crippen molar-refractivity contribution in [3.63, 3.8) is 0 Å². The van der Waals surface area contributed by atoms with E-state index in [1.807, 2.05) is 6.92 Å². The normalized spacial score (nSPS) is 29.1. The lowest BCUT2D eigenvalue weighted by Gasteiger charge is -2.26. The number of rotatable bonds is 5. The molecular formula is C13H27NO2. The van der Waals surface area contributed by atoms with Crippen LogP contribution in [-0.4, -0.2) is 47.5 Å². The maximum absolute atomic E-state index is 10.00. The SMILES string of the molecule is CC(O)CCN(C)CC1CCCCCC1O. The quantitative estimate of drug-likeness (QED) is 0.704. The minimum atomic E-state index is -0.221. The second-order valence-corrected chi connectivity index (χ2v) is 5.37. The molecule has 1 saturated carbocycles. The first kappa shape index (κ1) is 13.9. The molecule has 0 amide bonds. The molecule has 2 N–H and O–H groups in total. The fraction of sp³-hybridized carbons (Fsp3) is 1.00. The molecule has 1 fully saturated rings. The summed E-state index contributed by atoms with van der Waals surface area (Å²) < 4.78 is 0. The van der Waals surface area contributed by atoms with Crippen LogP contribution in [0.1, 0.15) is 45.4 Å². The van der Waals surface area contributed by atoms with E-state index < -0.39 is 0 Å². The molecule has 1 aliphatic carbocycles. The average Bonchev–Trinajstić information content (AvgIpc) is 2.42. The molecule has 0 aromatic heterocycles. The molecule has 0 spiro atoms. The second-order valence-electron chi connectivity index (χ2n) is 5.37. The summed E-state index contributed by atoms with van der Waals surface area (Å²) in [4.78, 5) is 2.24. The van der Waals surface area contributed by atoms with E-state index in [1.165, 1.54) is 19.3 Å². The Bertz CT molecular complexity index is 185. The van der Waals surface area contributed by atoms with E-state index in [-0.39, 0.29) is 12.2 Å². The summed E-state index contributed by atoms with van der Waals surface area (Å²) in [6.45, 7) is 3.71. The molecular weight excluding hydrogens is 202 g/mol. The summed E-state index contributed by atoms with van der Waals surface area (Å²) in [7, 11) is 2.08. The van der Waals surface area contributed by atoms with Gasteiger partial charge in [0.15, 0.2) is 0 Å². The maximum Gasteiger partial charge on any atom is 0.0580 e. The van der Waals surface area contributed by atoms with Gasteiger partial charge >= 0.3 is 0 Å². The van der Waals surface area contributed by atoms with Gasteiger partial charge < -0.3 is 15.1 Å². The van der Waals surface area contributed by atoms with Crippen LogP contribution >= 0.6 is 0 Å². The highest BCUT2D eigenvalue weighted by atomic mass is 16.3. The van der Waals surface area contributed by atoms with Crippen LogP contribution in [0.25, 0.3) is 0 Å². The van der Waals surface area contributed by atoms with E-state index >= 15 is 0 Å². The minimum absolute atomic E-state index is 0.114. The first-order valence-corrected chi connectivity index (χ1v) is 6.64. The van der Waals surface area contributed by atoms with Crippen molar-refractivity contribution in [3.8, 4) is 0 Å². The Labute approximate surface area is 99.5 Å². The zero-order chi connectivity index (χ0) is 12.0. The van der Waals surface area contributed by atoms with Gasteiger partial charge in [-0.25, -0.2) is 0 Å². The maximum atomic E-state index is 10.00. The van der Waals surface area contributed by atoms with E-state index in [9.17, 15) is 10.2 Å². The Balaban J connectivity index is 2.27. The molecule has 3 heteroatoms. The van der Waals surface area contributed by atoms with Gasteiger partial charge in [0.25, 0.3) is 0 Å². The molecule has 1 aliphatic rings. The third kappa shape index (κ3) is 5.28. The molecule has 0 aliphatic heterocycles. The number of hydrogen-bond donors (Lipinski definition) is 2. The van der Waals surface area contributed by atoms with Gasteiger partial charge in [0.05, 0.1) is 12.2 Å². The fourth-order valence-corrected chi connectivity index (χ4v) is 2.48. The minimum Gasteiger partial charge on any atom is -0.393 e. The Morgan fingerprint density at radius 2 is 1.94 bits per heavy atom. The van der Waals surface area contributed by atoms with Crippen molar-refractivity contribution >= 4 is 0 Å². The first-order chi connectivity index (χ1) is 7.59. The molecule has 0 aromatic rings. The van der Waals surface area contributed by atoms with Crippen molar-refractivity contribution in [2.24, 2.45) is 5.92 Å². The van der Waals surface area contributed by atoms with Crippen molar-refractivity contribution < 1.29 is 10.2 Å². The number of aliphatic hydroxyl groups excluding tert-OH is 2. The lowest BCUT2D eigenvalue weighted by atomic mass is 9.97. The van der Waals surface area contributed by atoms with Crippen LogP contribution in [-0.2, 0) is 0 Å². The molecule has 0 heterocycles. The van der Waals surface area contributed by atoms with Crippen LogP contribution in [0.2, 0.25) is 0 Å². The predicted octanol–water partition coefficient (Wildman–Crippen LogP) is 1.63. The summed E-state index contributed by atoms with van der Waals surface area (Å²) in [6, 6.07) is 0. The van der Waals surface area contributed by atoms with Gasteiger partial charge in [0.2, 0.25) is 0 Å².